The summed E-state index contributed by atoms with van der Waals surface area (Å²) in [5, 5.41) is 9.10. The van der Waals surface area contributed by atoms with E-state index >= 15 is 0 Å². The average molecular weight is 195 g/mol. The number of piperidine rings is 1. The molecule has 1 aliphatic heterocycles. The Labute approximate surface area is 63.2 Å². The molecule has 1 saturated heterocycles. The lowest BCUT2D eigenvalue weighted by molar-refractivity contribution is 0.105. The van der Waals surface area contributed by atoms with Gasteiger partial charge in [-0.3, -0.25) is 0 Å². The molecule has 0 amide bonds. The first-order valence-electron chi connectivity index (χ1n) is 3.03. The van der Waals surface area contributed by atoms with Gasteiger partial charge in [-0.2, -0.15) is 0 Å². The van der Waals surface area contributed by atoms with E-state index in [4.69, 9.17) is 10.8 Å². The van der Waals surface area contributed by atoms with Crippen LogP contribution in [0.2, 0.25) is 0 Å². The Morgan fingerprint density at radius 1 is 1.56 bits per heavy atom. The molecule has 1 heterocycles. The molecule has 1 rings (SSSR count). The molecule has 3 nitrogen and oxygen atoms in total. The van der Waals surface area contributed by atoms with E-state index in [9.17, 15) is 0 Å². The van der Waals surface area contributed by atoms with Gasteiger partial charge in [-0.25, -0.2) is 3.93 Å². The fourth-order valence-corrected chi connectivity index (χ4v) is 1.76. The molecule has 0 aromatic heterocycles. The smallest absolute Gasteiger partial charge is 0.0691 e. The summed E-state index contributed by atoms with van der Waals surface area (Å²) in [6.07, 6.45) is 0.468. The molecule has 4 heteroatoms. The van der Waals surface area contributed by atoms with Crippen LogP contribution < -0.4 is 5.73 Å². The first-order valence-corrected chi connectivity index (χ1v) is 3.74. The van der Waals surface area contributed by atoms with Gasteiger partial charge in [0.25, 0.3) is 0 Å². The van der Waals surface area contributed by atoms with Crippen molar-refractivity contribution in [3.05, 3.63) is 0 Å². The third kappa shape index (κ3) is 2.21. The Bertz CT molecular complexity index is 75.9. The molecule has 3 N–H and O–H groups in total. The molecule has 0 aliphatic carbocycles. The van der Waals surface area contributed by atoms with Gasteiger partial charge in [-0.15, -0.1) is 0 Å². The van der Waals surface area contributed by atoms with Crippen molar-refractivity contribution in [3.8, 4) is 0 Å². The number of aliphatic hydroxyl groups is 1. The van der Waals surface area contributed by atoms with Crippen molar-refractivity contribution in [3.63, 3.8) is 0 Å². The SMILES string of the molecule is N[C@@H]1C[C@@H](O)CN(Br)C1. The van der Waals surface area contributed by atoms with Crippen molar-refractivity contribution in [2.24, 2.45) is 5.73 Å². The van der Waals surface area contributed by atoms with E-state index in [1.54, 1.807) is 0 Å². The minimum absolute atomic E-state index is 0.119. The lowest BCUT2D eigenvalue weighted by Gasteiger charge is -2.28. The van der Waals surface area contributed by atoms with Gasteiger partial charge in [0.1, 0.15) is 0 Å². The van der Waals surface area contributed by atoms with Crippen LogP contribution in [0.4, 0.5) is 0 Å². The Morgan fingerprint density at radius 3 is 2.67 bits per heavy atom. The molecule has 0 radical (unpaired) electrons. The van der Waals surface area contributed by atoms with Crippen LogP contribution in [0.25, 0.3) is 0 Å². The maximum atomic E-state index is 9.10. The third-order valence-corrected chi connectivity index (χ3v) is 2.00. The quantitative estimate of drug-likeness (QED) is 0.521. The number of hydrogen-bond acceptors (Lipinski definition) is 3. The number of nitrogens with zero attached hydrogens (tertiary/aromatic N) is 1. The first-order chi connectivity index (χ1) is 4.18. The maximum absolute atomic E-state index is 9.10. The Kier molecular flexibility index (Phi) is 2.46. The lowest BCUT2D eigenvalue weighted by Crippen LogP contribution is -2.44. The molecule has 9 heavy (non-hydrogen) atoms. The Hall–Kier alpha value is 0.360. The summed E-state index contributed by atoms with van der Waals surface area (Å²) in [5.74, 6) is 0. The molecule has 0 spiro atoms. The Balaban J connectivity index is 2.34. The van der Waals surface area contributed by atoms with Crippen LogP contribution in [0.3, 0.4) is 0 Å². The van der Waals surface area contributed by atoms with Crippen molar-refractivity contribution < 1.29 is 5.11 Å². The fourth-order valence-electron chi connectivity index (χ4n) is 1.06. The number of nitrogens with two attached hydrogens (primary N) is 1. The van der Waals surface area contributed by atoms with Gasteiger partial charge in [0.15, 0.2) is 0 Å². The summed E-state index contributed by atoms with van der Waals surface area (Å²) in [6.45, 7) is 1.52. The zero-order valence-corrected chi connectivity index (χ0v) is 6.71. The summed E-state index contributed by atoms with van der Waals surface area (Å²) < 4.78 is 1.87. The highest BCUT2D eigenvalue weighted by Gasteiger charge is 2.21. The summed E-state index contributed by atoms with van der Waals surface area (Å²) >= 11 is 3.26. The first kappa shape index (κ1) is 7.47. The zero-order chi connectivity index (χ0) is 6.85. The molecular formula is C5H11BrN2O. The van der Waals surface area contributed by atoms with Crippen molar-refractivity contribution >= 4 is 16.1 Å². The second kappa shape index (κ2) is 2.96. The summed E-state index contributed by atoms with van der Waals surface area (Å²) in [7, 11) is 0. The molecule has 1 fully saturated rings. The number of halogens is 1. The minimum Gasteiger partial charge on any atom is -0.392 e. The van der Waals surface area contributed by atoms with Crippen LogP contribution in [-0.4, -0.2) is 34.3 Å². The largest absolute Gasteiger partial charge is 0.392 e. The van der Waals surface area contributed by atoms with E-state index in [0.29, 0.717) is 6.54 Å². The molecule has 0 aromatic rings. The van der Waals surface area contributed by atoms with Gasteiger partial charge in [0.2, 0.25) is 0 Å². The monoisotopic (exact) mass is 194 g/mol. The van der Waals surface area contributed by atoms with Crippen molar-refractivity contribution in [2.45, 2.75) is 18.6 Å². The standard InChI is InChI=1S/C5H11BrN2O/c6-8-2-4(7)1-5(9)3-8/h4-5,9H,1-3,7H2/t4-,5-/m1/s1. The molecule has 2 atom stereocenters. The molecule has 54 valence electrons. The normalized spacial score (nSPS) is 39.0. The van der Waals surface area contributed by atoms with Crippen LogP contribution in [0.5, 0.6) is 0 Å². The summed E-state index contributed by atoms with van der Waals surface area (Å²) in [4.78, 5) is 0. The molecule has 1 aliphatic rings. The van der Waals surface area contributed by atoms with Crippen LogP contribution in [0, 0.1) is 0 Å². The maximum Gasteiger partial charge on any atom is 0.0691 e. The van der Waals surface area contributed by atoms with E-state index in [2.05, 4.69) is 16.1 Å². The minimum atomic E-state index is -0.256. The predicted octanol–water partition coefficient (Wildman–Crippen LogP) is -0.310. The summed E-state index contributed by atoms with van der Waals surface area (Å²) in [5.41, 5.74) is 5.58. The van der Waals surface area contributed by atoms with E-state index in [1.807, 2.05) is 3.93 Å². The molecule has 0 bridgehead atoms. The number of hydrogen-bond donors (Lipinski definition) is 2. The van der Waals surface area contributed by atoms with E-state index in [1.165, 1.54) is 0 Å². The highest BCUT2D eigenvalue weighted by atomic mass is 79.9. The fraction of sp³-hybridized carbons (Fsp3) is 1.00. The van der Waals surface area contributed by atoms with Gasteiger partial charge in [-0.05, 0) is 6.42 Å². The van der Waals surface area contributed by atoms with E-state index < -0.39 is 0 Å². The molecule has 0 saturated carbocycles. The van der Waals surface area contributed by atoms with Gasteiger partial charge in [-0.1, -0.05) is 0 Å². The van der Waals surface area contributed by atoms with Gasteiger partial charge >= 0.3 is 0 Å². The third-order valence-electron chi connectivity index (χ3n) is 1.42. The number of aliphatic hydroxyl groups excluding tert-OH is 1. The second-order valence-electron chi connectivity index (χ2n) is 2.48. The molecular weight excluding hydrogens is 184 g/mol. The van der Waals surface area contributed by atoms with E-state index in [-0.39, 0.29) is 12.1 Å². The van der Waals surface area contributed by atoms with Crippen LogP contribution >= 0.6 is 16.1 Å². The van der Waals surface area contributed by atoms with Gasteiger partial charge < -0.3 is 10.8 Å². The van der Waals surface area contributed by atoms with Crippen LogP contribution in [0.15, 0.2) is 0 Å². The van der Waals surface area contributed by atoms with Gasteiger partial charge in [0.05, 0.1) is 6.10 Å². The van der Waals surface area contributed by atoms with Crippen LogP contribution in [-0.2, 0) is 0 Å². The van der Waals surface area contributed by atoms with Crippen molar-refractivity contribution in [2.75, 3.05) is 13.1 Å². The number of rotatable bonds is 0. The Morgan fingerprint density at radius 2 is 2.22 bits per heavy atom. The predicted molar refractivity (Wildman–Crippen MR) is 39.1 cm³/mol. The topological polar surface area (TPSA) is 49.5 Å². The zero-order valence-electron chi connectivity index (χ0n) is 5.13. The average Bonchev–Trinajstić information content (AvgIpc) is 1.59. The van der Waals surface area contributed by atoms with Crippen molar-refractivity contribution in [1.82, 2.24) is 3.93 Å². The lowest BCUT2D eigenvalue weighted by atomic mass is 10.1. The summed E-state index contributed by atoms with van der Waals surface area (Å²) in [6, 6.07) is 0.119. The highest BCUT2D eigenvalue weighted by Crippen LogP contribution is 2.11. The van der Waals surface area contributed by atoms with Crippen LogP contribution in [0.1, 0.15) is 6.42 Å². The molecule has 0 unspecified atom stereocenters. The molecule has 0 aromatic carbocycles. The van der Waals surface area contributed by atoms with Gasteiger partial charge in [0, 0.05) is 35.3 Å². The van der Waals surface area contributed by atoms with E-state index in [0.717, 1.165) is 13.0 Å². The highest BCUT2D eigenvalue weighted by molar-refractivity contribution is 9.07. The van der Waals surface area contributed by atoms with Crippen molar-refractivity contribution in [1.29, 1.82) is 0 Å². The number of β-amino-alcohol motifs (C(OH)–C–C–N with tert-alkyl or cyclic N) is 1. The second-order valence-corrected chi connectivity index (χ2v) is 3.48.